The number of rotatable bonds is 11. The molecule has 0 amide bonds. The molecule has 1 aliphatic heterocycles. The summed E-state index contributed by atoms with van der Waals surface area (Å²) in [5.74, 6) is 0.313. The van der Waals surface area contributed by atoms with Gasteiger partial charge in [-0.2, -0.15) is 0 Å². The summed E-state index contributed by atoms with van der Waals surface area (Å²) in [5, 5.41) is 0. The minimum Gasteiger partial charge on any atom is -0.387 e. The lowest BCUT2D eigenvalue weighted by atomic mass is 9.74. The maximum absolute atomic E-state index is 14.5. The van der Waals surface area contributed by atoms with Gasteiger partial charge in [-0.3, -0.25) is 9.59 Å². The van der Waals surface area contributed by atoms with Gasteiger partial charge in [0.1, 0.15) is 0 Å². The zero-order valence-electron chi connectivity index (χ0n) is 23.3. The van der Waals surface area contributed by atoms with Crippen LogP contribution in [0, 0.1) is 5.92 Å². The van der Waals surface area contributed by atoms with E-state index in [1.807, 2.05) is 91.9 Å². The Hall–Kier alpha value is -3.57. The van der Waals surface area contributed by atoms with Gasteiger partial charge in [-0.1, -0.05) is 85.8 Å². The Morgan fingerprint density at radius 2 is 1.62 bits per heavy atom. The summed E-state index contributed by atoms with van der Waals surface area (Å²) < 4.78 is 5.92. The first-order chi connectivity index (χ1) is 18.8. The summed E-state index contributed by atoms with van der Waals surface area (Å²) in [7, 11) is 0. The molecular formula is C34H40N2O3. The molecule has 39 heavy (non-hydrogen) atoms. The molecule has 1 heterocycles. The molecule has 0 saturated heterocycles. The monoisotopic (exact) mass is 524 g/mol. The standard InChI is InChI=1S/C34H40N2O3/c1-4-24(2)39-25(3)18-20-31(37)27-13-11-12-26(22-27)23-28-19-21-32(35)36-34(33(28)38,29-14-7-5-8-15-29)30-16-9-6-10-17-30/h5-17,22,24-25,28H,4,18-21,23H2,1-3H3,(H2,35,36). The van der Waals surface area contributed by atoms with Gasteiger partial charge < -0.3 is 10.5 Å². The lowest BCUT2D eigenvalue weighted by Gasteiger charge is -2.32. The van der Waals surface area contributed by atoms with E-state index in [1.54, 1.807) is 0 Å². The van der Waals surface area contributed by atoms with Crippen molar-refractivity contribution in [1.29, 1.82) is 0 Å². The molecule has 0 saturated carbocycles. The van der Waals surface area contributed by atoms with E-state index >= 15 is 0 Å². The van der Waals surface area contributed by atoms with E-state index in [9.17, 15) is 9.59 Å². The smallest absolute Gasteiger partial charge is 0.172 e. The van der Waals surface area contributed by atoms with Crippen molar-refractivity contribution in [3.63, 3.8) is 0 Å². The lowest BCUT2D eigenvalue weighted by Crippen LogP contribution is -2.40. The second-order valence-corrected chi connectivity index (χ2v) is 10.7. The van der Waals surface area contributed by atoms with Crippen LogP contribution in [-0.4, -0.2) is 29.6 Å². The van der Waals surface area contributed by atoms with Crippen LogP contribution in [0.15, 0.2) is 89.9 Å². The van der Waals surface area contributed by atoms with Crippen LogP contribution in [0.3, 0.4) is 0 Å². The number of amidine groups is 1. The van der Waals surface area contributed by atoms with Gasteiger partial charge in [0, 0.05) is 24.3 Å². The Bertz CT molecular complexity index is 1250. The summed E-state index contributed by atoms with van der Waals surface area (Å²) in [5.41, 5.74) is 8.48. The molecule has 0 radical (unpaired) electrons. The number of carbonyl (C=O) groups excluding carboxylic acids is 2. The van der Waals surface area contributed by atoms with Crippen molar-refractivity contribution < 1.29 is 14.3 Å². The lowest BCUT2D eigenvalue weighted by molar-refractivity contribution is -0.127. The average Bonchev–Trinajstić information content (AvgIpc) is 3.09. The maximum atomic E-state index is 14.5. The molecule has 1 aliphatic rings. The quantitative estimate of drug-likeness (QED) is 0.284. The summed E-state index contributed by atoms with van der Waals surface area (Å²) in [6.07, 6.45) is 3.96. The third-order valence-electron chi connectivity index (χ3n) is 7.72. The highest BCUT2D eigenvalue weighted by Crippen LogP contribution is 2.40. The van der Waals surface area contributed by atoms with Gasteiger partial charge in [0.15, 0.2) is 17.1 Å². The van der Waals surface area contributed by atoms with E-state index in [1.165, 1.54) is 0 Å². The van der Waals surface area contributed by atoms with E-state index in [0.717, 1.165) is 23.1 Å². The van der Waals surface area contributed by atoms with E-state index in [0.29, 0.717) is 43.5 Å². The Balaban J connectivity index is 1.58. The number of nitrogens with zero attached hydrogens (tertiary/aromatic N) is 1. The van der Waals surface area contributed by atoms with E-state index in [2.05, 4.69) is 13.8 Å². The zero-order chi connectivity index (χ0) is 27.8. The van der Waals surface area contributed by atoms with Crippen molar-refractivity contribution in [2.45, 2.75) is 77.0 Å². The number of ether oxygens (including phenoxy) is 1. The number of hydrogen-bond acceptors (Lipinski definition) is 5. The van der Waals surface area contributed by atoms with Crippen molar-refractivity contribution in [2.24, 2.45) is 16.6 Å². The molecule has 3 unspecified atom stereocenters. The van der Waals surface area contributed by atoms with Crippen molar-refractivity contribution in [2.75, 3.05) is 0 Å². The number of carbonyl (C=O) groups is 2. The van der Waals surface area contributed by atoms with Crippen LogP contribution in [-0.2, 0) is 21.5 Å². The van der Waals surface area contributed by atoms with Crippen LogP contribution >= 0.6 is 0 Å². The minimum absolute atomic E-state index is 0.0326. The normalized spacial score (nSPS) is 18.6. The van der Waals surface area contributed by atoms with Crippen LogP contribution < -0.4 is 5.73 Å². The highest BCUT2D eigenvalue weighted by molar-refractivity contribution is 6.00. The summed E-state index contributed by atoms with van der Waals surface area (Å²) in [6, 6.07) is 27.1. The number of ketones is 2. The van der Waals surface area contributed by atoms with Gasteiger partial charge in [-0.05, 0) is 62.3 Å². The van der Waals surface area contributed by atoms with Crippen LogP contribution in [0.1, 0.15) is 79.9 Å². The number of Topliss-reactive ketones (excluding diaryl/α,β-unsaturated/α-hetero) is 2. The van der Waals surface area contributed by atoms with Crippen LogP contribution in [0.25, 0.3) is 0 Å². The van der Waals surface area contributed by atoms with E-state index in [4.69, 9.17) is 15.5 Å². The molecule has 3 aromatic rings. The fourth-order valence-corrected chi connectivity index (χ4v) is 5.40. The summed E-state index contributed by atoms with van der Waals surface area (Å²) in [4.78, 5) is 32.4. The van der Waals surface area contributed by atoms with Crippen LogP contribution in [0.4, 0.5) is 0 Å². The van der Waals surface area contributed by atoms with Gasteiger partial charge >= 0.3 is 0 Å². The van der Waals surface area contributed by atoms with Crippen molar-refractivity contribution in [1.82, 2.24) is 0 Å². The van der Waals surface area contributed by atoms with E-state index in [-0.39, 0.29) is 29.7 Å². The molecule has 4 rings (SSSR count). The molecule has 5 nitrogen and oxygen atoms in total. The third-order valence-corrected chi connectivity index (χ3v) is 7.72. The Kier molecular flexibility index (Phi) is 9.47. The fourth-order valence-electron chi connectivity index (χ4n) is 5.40. The topological polar surface area (TPSA) is 81.8 Å². The maximum Gasteiger partial charge on any atom is 0.172 e. The molecule has 0 aromatic heterocycles. The molecule has 0 fully saturated rings. The minimum atomic E-state index is -1.20. The van der Waals surface area contributed by atoms with Gasteiger partial charge in [0.2, 0.25) is 0 Å². The highest BCUT2D eigenvalue weighted by Gasteiger charge is 2.46. The third kappa shape index (κ3) is 6.72. The molecular weight excluding hydrogens is 484 g/mol. The predicted octanol–water partition coefficient (Wildman–Crippen LogP) is 6.68. The largest absolute Gasteiger partial charge is 0.387 e. The SMILES string of the molecule is CCC(C)OC(C)CCC(=O)c1cccc(CC2CCC(N)=NC(c3ccccc3)(c3ccccc3)C2=O)c1. The fraction of sp³-hybridized carbons (Fsp3) is 0.382. The van der Waals surface area contributed by atoms with Crippen molar-refractivity contribution in [3.8, 4) is 0 Å². The first-order valence-corrected chi connectivity index (χ1v) is 14.1. The molecule has 3 aromatic carbocycles. The first kappa shape index (κ1) is 28.4. The number of aliphatic imine (C=N–C) groups is 1. The molecule has 0 spiro atoms. The van der Waals surface area contributed by atoms with Crippen LogP contribution in [0.2, 0.25) is 0 Å². The Morgan fingerprint density at radius 3 is 2.23 bits per heavy atom. The zero-order valence-corrected chi connectivity index (χ0v) is 23.3. The van der Waals surface area contributed by atoms with Crippen molar-refractivity contribution >= 4 is 17.4 Å². The second kappa shape index (κ2) is 13.0. The average molecular weight is 525 g/mol. The molecule has 5 heteroatoms. The Labute approximate surface area is 232 Å². The van der Waals surface area contributed by atoms with Gasteiger partial charge in [-0.25, -0.2) is 4.99 Å². The van der Waals surface area contributed by atoms with Crippen LogP contribution in [0.5, 0.6) is 0 Å². The number of nitrogens with two attached hydrogens (primary N) is 1. The number of benzene rings is 3. The molecule has 204 valence electrons. The molecule has 0 bridgehead atoms. The van der Waals surface area contributed by atoms with Gasteiger partial charge in [0.05, 0.1) is 18.0 Å². The molecule has 0 aliphatic carbocycles. The number of hydrogen-bond donors (Lipinski definition) is 1. The first-order valence-electron chi connectivity index (χ1n) is 14.1. The van der Waals surface area contributed by atoms with Crippen molar-refractivity contribution in [3.05, 3.63) is 107 Å². The summed E-state index contributed by atoms with van der Waals surface area (Å²) in [6.45, 7) is 6.17. The van der Waals surface area contributed by atoms with Gasteiger partial charge in [0.25, 0.3) is 0 Å². The van der Waals surface area contributed by atoms with Gasteiger partial charge in [-0.15, -0.1) is 0 Å². The predicted molar refractivity (Wildman–Crippen MR) is 157 cm³/mol. The highest BCUT2D eigenvalue weighted by atomic mass is 16.5. The summed E-state index contributed by atoms with van der Waals surface area (Å²) >= 11 is 0. The molecule has 3 atom stereocenters. The van der Waals surface area contributed by atoms with E-state index < -0.39 is 5.54 Å². The Morgan fingerprint density at radius 1 is 0.974 bits per heavy atom. The second-order valence-electron chi connectivity index (χ2n) is 10.7. The molecule has 2 N–H and O–H groups in total.